The van der Waals surface area contributed by atoms with Crippen LogP contribution in [0, 0.1) is 0 Å². The highest BCUT2D eigenvalue weighted by Gasteiger charge is 2.34. The first-order chi connectivity index (χ1) is 9.34. The van der Waals surface area contributed by atoms with E-state index in [1.54, 1.807) is 16.7 Å². The Kier molecular flexibility index (Phi) is 4.83. The molecule has 0 amide bonds. The molecule has 0 aromatic carbocycles. The van der Waals surface area contributed by atoms with Gasteiger partial charge in [0.1, 0.15) is 5.37 Å². The van der Waals surface area contributed by atoms with E-state index in [0.29, 0.717) is 17.4 Å². The van der Waals surface area contributed by atoms with Gasteiger partial charge in [0.05, 0.1) is 7.11 Å². The van der Waals surface area contributed by atoms with Crippen LogP contribution >= 0.6 is 34.7 Å². The number of anilines is 1. The minimum atomic E-state index is -3.24. The molecule has 0 aliphatic carbocycles. The summed E-state index contributed by atoms with van der Waals surface area (Å²) < 4.78 is 28.3. The predicted molar refractivity (Wildman–Crippen MR) is 81.8 cm³/mol. The molecule has 1 aliphatic heterocycles. The molecule has 0 N–H and O–H groups in total. The molecule has 2 heterocycles. The molecule has 6 nitrogen and oxygen atoms in total. The zero-order chi connectivity index (χ0) is 14.9. The Hall–Kier alpha value is -0.510. The van der Waals surface area contributed by atoms with Crippen molar-refractivity contribution in [2.75, 3.05) is 36.3 Å². The van der Waals surface area contributed by atoms with E-state index >= 15 is 0 Å². The van der Waals surface area contributed by atoms with Gasteiger partial charge in [-0.1, -0.05) is 22.9 Å². The highest BCUT2D eigenvalue weighted by atomic mass is 35.5. The summed E-state index contributed by atoms with van der Waals surface area (Å²) in [5.74, 6) is 0.710. The molecule has 10 heteroatoms. The van der Waals surface area contributed by atoms with Gasteiger partial charge in [-0.3, -0.25) is 0 Å². The molecule has 2 rings (SSSR count). The van der Waals surface area contributed by atoms with Crippen LogP contribution in [0.25, 0.3) is 0 Å². The minimum absolute atomic E-state index is 0.0438. The lowest BCUT2D eigenvalue weighted by atomic mass is 10.5. The van der Waals surface area contributed by atoms with Crippen LogP contribution in [0.3, 0.4) is 0 Å². The molecule has 112 valence electrons. The quantitative estimate of drug-likeness (QED) is 0.759. The average Bonchev–Trinajstić information content (AvgIpc) is 2.79. The van der Waals surface area contributed by atoms with Crippen LogP contribution in [-0.4, -0.2) is 56.2 Å². The highest BCUT2D eigenvalue weighted by Crippen LogP contribution is 2.34. The molecule has 1 aliphatic rings. The number of thioether (sulfide) groups is 1. The van der Waals surface area contributed by atoms with Crippen molar-refractivity contribution in [2.24, 2.45) is 0 Å². The lowest BCUT2D eigenvalue weighted by Crippen LogP contribution is -2.47. The van der Waals surface area contributed by atoms with E-state index < -0.39 is 21.2 Å². The van der Waals surface area contributed by atoms with Crippen LogP contribution < -0.4 is 4.90 Å². The van der Waals surface area contributed by atoms with E-state index in [1.165, 1.54) is 13.4 Å². The zero-order valence-electron chi connectivity index (χ0n) is 10.8. The third kappa shape index (κ3) is 3.21. The van der Waals surface area contributed by atoms with Crippen LogP contribution in [0.5, 0.6) is 0 Å². The number of carbonyl (C=O) groups excluding carboxylic acids is 1. The van der Waals surface area contributed by atoms with Crippen molar-refractivity contribution in [1.29, 1.82) is 0 Å². The Morgan fingerprint density at radius 2 is 2.25 bits per heavy atom. The van der Waals surface area contributed by atoms with Gasteiger partial charge in [-0.05, 0) is 0 Å². The number of nitrogens with zero attached hydrogens (tertiary/aromatic N) is 2. The fourth-order valence-electron chi connectivity index (χ4n) is 1.79. The van der Waals surface area contributed by atoms with Crippen LogP contribution in [-0.2, 0) is 14.6 Å². The Labute approximate surface area is 130 Å². The van der Waals surface area contributed by atoms with Crippen molar-refractivity contribution in [3.63, 3.8) is 0 Å². The van der Waals surface area contributed by atoms with Crippen LogP contribution in [0.4, 0.5) is 5.13 Å². The fourth-order valence-corrected chi connectivity index (χ4v) is 5.95. The summed E-state index contributed by atoms with van der Waals surface area (Å²) in [6, 6.07) is 0. The van der Waals surface area contributed by atoms with Crippen molar-refractivity contribution >= 4 is 55.6 Å². The van der Waals surface area contributed by atoms with Gasteiger partial charge in [0.2, 0.25) is 0 Å². The van der Waals surface area contributed by atoms with Crippen molar-refractivity contribution in [3.8, 4) is 0 Å². The SMILES string of the molecule is COC(=O)c1sc(N2CCSCC2S(C)(=O)=O)nc1Cl. The third-order valence-corrected chi connectivity index (χ3v) is 6.87. The number of aromatic nitrogens is 1. The topological polar surface area (TPSA) is 76.6 Å². The fraction of sp³-hybridized carbons (Fsp3) is 0.600. The van der Waals surface area contributed by atoms with E-state index in [4.69, 9.17) is 11.6 Å². The van der Waals surface area contributed by atoms with Gasteiger partial charge < -0.3 is 9.64 Å². The molecular formula is C10H13ClN2O4S3. The molecule has 0 spiro atoms. The lowest BCUT2D eigenvalue weighted by Gasteiger charge is -2.33. The summed E-state index contributed by atoms with van der Waals surface area (Å²) in [5.41, 5.74) is 0. The van der Waals surface area contributed by atoms with Gasteiger partial charge in [0.25, 0.3) is 0 Å². The number of thiazole rings is 1. The second kappa shape index (κ2) is 6.08. The number of halogens is 1. The number of hydrogen-bond acceptors (Lipinski definition) is 8. The molecule has 1 fully saturated rings. The second-order valence-corrected chi connectivity index (χ2v) is 8.85. The number of hydrogen-bond donors (Lipinski definition) is 0. The van der Waals surface area contributed by atoms with Gasteiger partial charge in [-0.2, -0.15) is 11.8 Å². The number of esters is 1. The Bertz CT molecular complexity index is 616. The Morgan fingerprint density at radius 1 is 1.55 bits per heavy atom. The molecule has 1 unspecified atom stereocenters. The smallest absolute Gasteiger partial charge is 0.351 e. The highest BCUT2D eigenvalue weighted by molar-refractivity contribution is 8.01. The Balaban J connectivity index is 2.36. The molecule has 1 atom stereocenters. The van der Waals surface area contributed by atoms with Crippen LogP contribution in [0.1, 0.15) is 9.67 Å². The number of sulfone groups is 1. The first-order valence-electron chi connectivity index (χ1n) is 5.62. The molecular weight excluding hydrogens is 344 g/mol. The molecule has 20 heavy (non-hydrogen) atoms. The van der Waals surface area contributed by atoms with E-state index in [2.05, 4.69) is 9.72 Å². The summed E-state index contributed by atoms with van der Waals surface area (Å²) in [6.07, 6.45) is 1.20. The van der Waals surface area contributed by atoms with Gasteiger partial charge in [0.15, 0.2) is 25.0 Å². The largest absolute Gasteiger partial charge is 0.465 e. The lowest BCUT2D eigenvalue weighted by molar-refractivity contribution is 0.0606. The predicted octanol–water partition coefficient (Wildman–Crippen LogP) is 1.51. The average molecular weight is 357 g/mol. The van der Waals surface area contributed by atoms with E-state index in [-0.39, 0.29) is 10.0 Å². The maximum Gasteiger partial charge on any atom is 0.351 e. The van der Waals surface area contributed by atoms with E-state index in [9.17, 15) is 13.2 Å². The number of ether oxygens (including phenoxy) is 1. The van der Waals surface area contributed by atoms with Crippen molar-refractivity contribution in [1.82, 2.24) is 4.98 Å². The summed E-state index contributed by atoms with van der Waals surface area (Å²) >= 11 is 8.55. The third-order valence-electron chi connectivity index (χ3n) is 2.77. The summed E-state index contributed by atoms with van der Waals surface area (Å²) in [7, 11) is -1.98. The number of methoxy groups -OCH3 is 1. The van der Waals surface area contributed by atoms with Crippen molar-refractivity contribution < 1.29 is 17.9 Å². The zero-order valence-corrected chi connectivity index (χ0v) is 14.0. The first-order valence-corrected chi connectivity index (χ1v) is 9.93. The summed E-state index contributed by atoms with van der Waals surface area (Å²) in [4.78, 5) is 17.5. The molecule has 1 aromatic heterocycles. The second-order valence-electron chi connectivity index (χ2n) is 4.16. The first kappa shape index (κ1) is 15.9. The maximum atomic E-state index is 11.8. The van der Waals surface area contributed by atoms with Crippen LogP contribution in [0.2, 0.25) is 5.15 Å². The monoisotopic (exact) mass is 356 g/mol. The van der Waals surface area contributed by atoms with E-state index in [1.807, 2.05) is 0 Å². The molecule has 0 saturated carbocycles. The normalized spacial score (nSPS) is 19.9. The number of carbonyl (C=O) groups is 1. The number of rotatable bonds is 3. The van der Waals surface area contributed by atoms with Gasteiger partial charge in [-0.15, -0.1) is 0 Å². The summed E-state index contributed by atoms with van der Waals surface area (Å²) in [5, 5.41) is -0.164. The molecule has 0 bridgehead atoms. The van der Waals surface area contributed by atoms with E-state index in [0.717, 1.165) is 17.1 Å². The molecule has 1 saturated heterocycles. The molecule has 1 aromatic rings. The van der Waals surface area contributed by atoms with Crippen LogP contribution in [0.15, 0.2) is 0 Å². The van der Waals surface area contributed by atoms with Gasteiger partial charge in [-0.25, -0.2) is 18.2 Å². The minimum Gasteiger partial charge on any atom is -0.465 e. The summed E-state index contributed by atoms with van der Waals surface area (Å²) in [6.45, 7) is 0.548. The van der Waals surface area contributed by atoms with Crippen molar-refractivity contribution in [2.45, 2.75) is 5.37 Å². The Morgan fingerprint density at radius 3 is 2.85 bits per heavy atom. The van der Waals surface area contributed by atoms with Crippen molar-refractivity contribution in [3.05, 3.63) is 10.0 Å². The van der Waals surface area contributed by atoms with Gasteiger partial charge >= 0.3 is 5.97 Å². The maximum absolute atomic E-state index is 11.8. The standard InChI is InChI=1S/C10H13ClN2O4S3/c1-17-9(14)7-8(11)12-10(19-7)13-3-4-18-5-6(13)20(2,15)16/h6H,3-5H2,1-2H3. The van der Waals surface area contributed by atoms with Gasteiger partial charge in [0, 0.05) is 24.3 Å². The molecule has 0 radical (unpaired) electrons.